The van der Waals surface area contributed by atoms with Crippen molar-refractivity contribution in [1.82, 2.24) is 9.88 Å². The van der Waals surface area contributed by atoms with Crippen molar-refractivity contribution < 1.29 is 9.59 Å². The van der Waals surface area contributed by atoms with Gasteiger partial charge in [-0.1, -0.05) is 25.4 Å². The Morgan fingerprint density at radius 2 is 2.16 bits per heavy atom. The molecule has 2 N–H and O–H groups in total. The number of carbonyl (C=O) groups excluding carboxylic acids is 2. The third-order valence-electron chi connectivity index (χ3n) is 2.26. The Morgan fingerprint density at radius 3 is 2.68 bits per heavy atom. The maximum atomic E-state index is 12.4. The van der Waals surface area contributed by atoms with Crippen LogP contribution in [0.5, 0.6) is 0 Å². The van der Waals surface area contributed by atoms with Crippen LogP contribution in [0.1, 0.15) is 24.2 Å². The minimum absolute atomic E-state index is 0.103. The first-order valence-electron chi connectivity index (χ1n) is 5.70. The lowest BCUT2D eigenvalue weighted by Gasteiger charge is -2.23. The van der Waals surface area contributed by atoms with Crippen molar-refractivity contribution >= 4 is 39.3 Å². The van der Waals surface area contributed by atoms with E-state index in [1.54, 1.807) is 6.07 Å². The van der Waals surface area contributed by atoms with Gasteiger partial charge in [0, 0.05) is 17.2 Å². The summed E-state index contributed by atoms with van der Waals surface area (Å²) in [7, 11) is 0. The summed E-state index contributed by atoms with van der Waals surface area (Å²) in [5, 5.41) is 0.103. The van der Waals surface area contributed by atoms with Crippen LogP contribution in [0.2, 0.25) is 5.15 Å². The topological polar surface area (TPSA) is 76.3 Å². The first-order valence-corrected chi connectivity index (χ1v) is 6.87. The van der Waals surface area contributed by atoms with Gasteiger partial charge in [-0.2, -0.15) is 0 Å². The fraction of sp³-hybridized carbons (Fsp3) is 0.417. The summed E-state index contributed by atoms with van der Waals surface area (Å²) in [4.78, 5) is 28.7. The lowest BCUT2D eigenvalue weighted by Crippen LogP contribution is -2.40. The van der Waals surface area contributed by atoms with Crippen molar-refractivity contribution in [2.75, 3.05) is 13.1 Å². The molecule has 1 rings (SSSR count). The van der Waals surface area contributed by atoms with Gasteiger partial charge in [0.05, 0.1) is 12.1 Å². The Balaban J connectivity index is 3.03. The van der Waals surface area contributed by atoms with Gasteiger partial charge < -0.3 is 10.6 Å². The molecule has 1 heterocycles. The first-order chi connectivity index (χ1) is 8.81. The van der Waals surface area contributed by atoms with Crippen molar-refractivity contribution in [1.29, 1.82) is 0 Å². The molecule has 0 aromatic carbocycles. The molecule has 0 atom stereocenters. The van der Waals surface area contributed by atoms with Gasteiger partial charge in [-0.25, -0.2) is 4.98 Å². The van der Waals surface area contributed by atoms with E-state index >= 15 is 0 Å². The van der Waals surface area contributed by atoms with E-state index < -0.39 is 5.91 Å². The standard InChI is InChI=1S/C12H15BrClN3O2/c1-7(2)5-17(6-10(15)18)12(19)9-3-8(13)4-16-11(9)14/h3-4,7H,5-6H2,1-2H3,(H2,15,18). The van der Waals surface area contributed by atoms with Crippen molar-refractivity contribution in [2.24, 2.45) is 11.7 Å². The van der Waals surface area contributed by atoms with Crippen LogP contribution in [0.4, 0.5) is 0 Å². The second kappa shape index (κ2) is 6.86. The highest BCUT2D eigenvalue weighted by atomic mass is 79.9. The molecular formula is C12H15BrClN3O2. The molecule has 5 nitrogen and oxygen atoms in total. The number of halogens is 2. The van der Waals surface area contributed by atoms with Gasteiger partial charge in [-0.3, -0.25) is 9.59 Å². The maximum Gasteiger partial charge on any atom is 0.257 e. The lowest BCUT2D eigenvalue weighted by molar-refractivity contribution is -0.118. The zero-order valence-electron chi connectivity index (χ0n) is 10.7. The second-order valence-electron chi connectivity index (χ2n) is 4.54. The molecule has 0 saturated carbocycles. The van der Waals surface area contributed by atoms with E-state index in [0.717, 1.165) is 0 Å². The van der Waals surface area contributed by atoms with Crippen molar-refractivity contribution in [3.63, 3.8) is 0 Å². The molecule has 1 aromatic rings. The van der Waals surface area contributed by atoms with E-state index in [-0.39, 0.29) is 29.1 Å². The number of amides is 2. The fourth-order valence-electron chi connectivity index (χ4n) is 1.59. The van der Waals surface area contributed by atoms with Crippen LogP contribution in [-0.2, 0) is 4.79 Å². The number of aromatic nitrogens is 1. The van der Waals surface area contributed by atoms with Crippen molar-refractivity contribution in [3.8, 4) is 0 Å². The molecule has 0 radical (unpaired) electrons. The van der Waals surface area contributed by atoms with E-state index in [9.17, 15) is 9.59 Å². The smallest absolute Gasteiger partial charge is 0.257 e. The molecular weight excluding hydrogens is 334 g/mol. The maximum absolute atomic E-state index is 12.4. The average Bonchev–Trinajstić information content (AvgIpc) is 2.29. The molecule has 7 heteroatoms. The van der Waals surface area contributed by atoms with Gasteiger partial charge in [-0.15, -0.1) is 0 Å². The number of carbonyl (C=O) groups is 2. The first kappa shape index (κ1) is 15.9. The van der Waals surface area contributed by atoms with Crippen LogP contribution in [0, 0.1) is 5.92 Å². The predicted octanol–water partition coefficient (Wildman–Crippen LogP) is 2.08. The van der Waals surface area contributed by atoms with Gasteiger partial charge in [0.2, 0.25) is 5.91 Å². The Kier molecular flexibility index (Phi) is 5.75. The number of primary amides is 1. The summed E-state index contributed by atoms with van der Waals surface area (Å²) in [6, 6.07) is 1.58. The number of nitrogens with two attached hydrogens (primary N) is 1. The summed E-state index contributed by atoms with van der Waals surface area (Å²) in [6.07, 6.45) is 1.50. The molecule has 1 aromatic heterocycles. The van der Waals surface area contributed by atoms with Crippen molar-refractivity contribution in [2.45, 2.75) is 13.8 Å². The van der Waals surface area contributed by atoms with Crippen LogP contribution in [-0.4, -0.2) is 34.8 Å². The van der Waals surface area contributed by atoms with Gasteiger partial charge in [0.25, 0.3) is 5.91 Å². The van der Waals surface area contributed by atoms with Crippen LogP contribution < -0.4 is 5.73 Å². The van der Waals surface area contributed by atoms with E-state index in [4.69, 9.17) is 17.3 Å². The van der Waals surface area contributed by atoms with Gasteiger partial charge in [-0.05, 0) is 27.9 Å². The normalized spacial score (nSPS) is 10.6. The van der Waals surface area contributed by atoms with Crippen LogP contribution >= 0.6 is 27.5 Å². The highest BCUT2D eigenvalue weighted by Crippen LogP contribution is 2.20. The minimum Gasteiger partial charge on any atom is -0.368 e. The fourth-order valence-corrected chi connectivity index (χ4v) is 2.11. The molecule has 0 aliphatic rings. The molecule has 19 heavy (non-hydrogen) atoms. The van der Waals surface area contributed by atoms with Gasteiger partial charge in [0.15, 0.2) is 0 Å². The summed E-state index contributed by atoms with van der Waals surface area (Å²) in [6.45, 7) is 4.18. The summed E-state index contributed by atoms with van der Waals surface area (Å²) in [5.74, 6) is -0.707. The van der Waals surface area contributed by atoms with Gasteiger partial charge in [0.1, 0.15) is 5.15 Å². The monoisotopic (exact) mass is 347 g/mol. The van der Waals surface area contributed by atoms with E-state index in [2.05, 4.69) is 20.9 Å². The van der Waals surface area contributed by atoms with Gasteiger partial charge >= 0.3 is 0 Å². The minimum atomic E-state index is -0.562. The van der Waals surface area contributed by atoms with E-state index in [0.29, 0.717) is 11.0 Å². The second-order valence-corrected chi connectivity index (χ2v) is 5.81. The Labute approximate surface area is 125 Å². The number of rotatable bonds is 5. The molecule has 0 aliphatic carbocycles. The summed E-state index contributed by atoms with van der Waals surface area (Å²) >= 11 is 9.14. The van der Waals surface area contributed by atoms with E-state index in [1.807, 2.05) is 13.8 Å². The number of hydrogen-bond acceptors (Lipinski definition) is 3. The molecule has 104 valence electrons. The predicted molar refractivity (Wildman–Crippen MR) is 76.9 cm³/mol. The quantitative estimate of drug-likeness (QED) is 0.828. The van der Waals surface area contributed by atoms with Crippen LogP contribution in [0.3, 0.4) is 0 Å². The van der Waals surface area contributed by atoms with E-state index in [1.165, 1.54) is 11.1 Å². The number of nitrogens with zero attached hydrogens (tertiary/aromatic N) is 2. The summed E-state index contributed by atoms with van der Waals surface area (Å²) < 4.78 is 0.642. The highest BCUT2D eigenvalue weighted by Gasteiger charge is 2.21. The molecule has 0 spiro atoms. The molecule has 0 fully saturated rings. The third-order valence-corrected chi connectivity index (χ3v) is 2.99. The SMILES string of the molecule is CC(C)CN(CC(N)=O)C(=O)c1cc(Br)cnc1Cl. The molecule has 0 saturated heterocycles. The van der Waals surface area contributed by atoms with Crippen LogP contribution in [0.25, 0.3) is 0 Å². The zero-order valence-corrected chi connectivity index (χ0v) is 13.0. The largest absolute Gasteiger partial charge is 0.368 e. The number of hydrogen-bond donors (Lipinski definition) is 1. The summed E-state index contributed by atoms with van der Waals surface area (Å²) in [5.41, 5.74) is 5.41. The Hall–Kier alpha value is -1.14. The van der Waals surface area contributed by atoms with Crippen LogP contribution in [0.15, 0.2) is 16.7 Å². The van der Waals surface area contributed by atoms with Crippen molar-refractivity contribution in [3.05, 3.63) is 27.5 Å². The Bertz CT molecular complexity index is 494. The lowest BCUT2D eigenvalue weighted by atomic mass is 10.1. The molecule has 0 aliphatic heterocycles. The third kappa shape index (κ3) is 4.80. The molecule has 2 amide bonds. The zero-order chi connectivity index (χ0) is 14.6. The molecule has 0 unspecified atom stereocenters. The highest BCUT2D eigenvalue weighted by molar-refractivity contribution is 9.10. The molecule has 0 bridgehead atoms. The number of pyridine rings is 1. The average molecular weight is 349 g/mol. The Morgan fingerprint density at radius 1 is 1.53 bits per heavy atom.